The number of hydrogen-bond donors (Lipinski definition) is 0. The van der Waals surface area contributed by atoms with Gasteiger partial charge < -0.3 is 14.2 Å². The highest BCUT2D eigenvalue weighted by molar-refractivity contribution is 5.71. The molecule has 1 unspecified atom stereocenters. The van der Waals surface area contributed by atoms with Crippen LogP contribution in [0.2, 0.25) is 0 Å². The van der Waals surface area contributed by atoms with Gasteiger partial charge >= 0.3 is 17.9 Å². The van der Waals surface area contributed by atoms with Gasteiger partial charge in [0.15, 0.2) is 6.10 Å². The van der Waals surface area contributed by atoms with Gasteiger partial charge in [0.05, 0.1) is 0 Å². The van der Waals surface area contributed by atoms with Crippen molar-refractivity contribution in [2.45, 2.75) is 419 Å². The molecule has 0 heterocycles. The number of carbonyl (C=O) groups is 3. The van der Waals surface area contributed by atoms with Crippen LogP contribution >= 0.6 is 0 Å². The molecule has 482 valence electrons. The van der Waals surface area contributed by atoms with Crippen LogP contribution in [0.3, 0.4) is 0 Å². The summed E-state index contributed by atoms with van der Waals surface area (Å²) in [6.45, 7) is 6.64. The first-order valence-electron chi connectivity index (χ1n) is 37.0. The Morgan fingerprint density at radius 1 is 0.244 bits per heavy atom. The molecule has 0 saturated carbocycles. The maximum atomic E-state index is 12.9. The van der Waals surface area contributed by atoms with Crippen LogP contribution in [-0.2, 0) is 28.6 Å². The molecule has 0 bridgehead atoms. The molecular weight excluding hydrogens is 1010 g/mol. The maximum Gasteiger partial charge on any atom is 0.306 e. The third-order valence-corrected chi connectivity index (χ3v) is 16.8. The van der Waals surface area contributed by atoms with E-state index in [-0.39, 0.29) is 31.1 Å². The average Bonchev–Trinajstić information content (AvgIpc) is 3.47. The zero-order valence-electron chi connectivity index (χ0n) is 55.5. The third kappa shape index (κ3) is 68.4. The van der Waals surface area contributed by atoms with Crippen LogP contribution in [-0.4, -0.2) is 37.2 Å². The summed E-state index contributed by atoms with van der Waals surface area (Å²) >= 11 is 0. The van der Waals surface area contributed by atoms with Gasteiger partial charge in [0.25, 0.3) is 0 Å². The lowest BCUT2D eigenvalue weighted by atomic mass is 10.0. The van der Waals surface area contributed by atoms with E-state index in [1.54, 1.807) is 0 Å². The van der Waals surface area contributed by atoms with E-state index in [1.807, 2.05) is 0 Å². The van der Waals surface area contributed by atoms with Gasteiger partial charge in [-0.1, -0.05) is 359 Å². The summed E-state index contributed by atoms with van der Waals surface area (Å²) in [6.07, 6.45) is 89.2. The fourth-order valence-corrected chi connectivity index (χ4v) is 11.3. The van der Waals surface area contributed by atoms with Crippen LogP contribution in [0.15, 0.2) is 36.5 Å². The summed E-state index contributed by atoms with van der Waals surface area (Å²) in [7, 11) is 0. The van der Waals surface area contributed by atoms with Crippen molar-refractivity contribution in [1.29, 1.82) is 0 Å². The SMILES string of the molecule is CCC/C=C\CCCCCCCC(=O)OCC(COC(=O)CCCCCCCCCCCCCCCCC/C=C\C/C=C\CCCCCCC)OC(=O)CCCCCCCCCCCCCCCCCCCCCCCCCCCCC. The molecule has 0 rings (SSSR count). The summed E-state index contributed by atoms with van der Waals surface area (Å²) in [6, 6.07) is 0. The molecule has 0 spiro atoms. The lowest BCUT2D eigenvalue weighted by molar-refractivity contribution is -0.167. The van der Waals surface area contributed by atoms with Crippen LogP contribution in [0, 0.1) is 0 Å². The largest absolute Gasteiger partial charge is 0.462 e. The van der Waals surface area contributed by atoms with E-state index < -0.39 is 6.10 Å². The number of carbonyl (C=O) groups excluding carboxylic acids is 3. The standard InChI is InChI=1S/C76H142O6/c1-4-7-10-13-16-19-22-24-26-28-30-32-34-36-38-40-42-44-46-48-50-52-54-57-60-63-66-69-75(78)81-72-73(71-80-74(77)68-65-62-59-56-21-18-15-12-9-6-3)82-76(79)70-67-64-61-58-55-53-51-49-47-45-43-41-39-37-35-33-31-29-27-25-23-20-17-14-11-8-5-2/h12,15,22,24,28,30,73H,4-11,13-14,16-21,23,25-27,29,31-72H2,1-3H3/b15-12-,24-22-,30-28-. The topological polar surface area (TPSA) is 78.9 Å². The second kappa shape index (κ2) is 71.1. The van der Waals surface area contributed by atoms with Gasteiger partial charge in [0.2, 0.25) is 0 Å². The molecule has 0 aliphatic heterocycles. The number of unbranched alkanes of at least 4 members (excludes halogenated alkanes) is 52. The van der Waals surface area contributed by atoms with Crippen molar-refractivity contribution in [3.63, 3.8) is 0 Å². The Morgan fingerprint density at radius 2 is 0.463 bits per heavy atom. The molecule has 0 N–H and O–H groups in total. The van der Waals surface area contributed by atoms with E-state index in [2.05, 4.69) is 57.2 Å². The maximum absolute atomic E-state index is 12.9. The lowest BCUT2D eigenvalue weighted by Crippen LogP contribution is -2.30. The minimum Gasteiger partial charge on any atom is -0.462 e. The quantitative estimate of drug-likeness (QED) is 0.0261. The number of ether oxygens (including phenoxy) is 3. The van der Waals surface area contributed by atoms with E-state index >= 15 is 0 Å². The first kappa shape index (κ1) is 79.6. The summed E-state index contributed by atoms with van der Waals surface area (Å²) in [5, 5.41) is 0. The average molecular weight is 1150 g/mol. The molecule has 0 aromatic carbocycles. The van der Waals surface area contributed by atoms with E-state index in [0.29, 0.717) is 19.3 Å². The Morgan fingerprint density at radius 3 is 0.732 bits per heavy atom. The van der Waals surface area contributed by atoms with E-state index in [0.717, 1.165) is 77.0 Å². The predicted molar refractivity (Wildman–Crippen MR) is 358 cm³/mol. The van der Waals surface area contributed by atoms with Crippen molar-refractivity contribution in [2.24, 2.45) is 0 Å². The molecule has 1 atom stereocenters. The second-order valence-electron chi connectivity index (χ2n) is 25.2. The highest BCUT2D eigenvalue weighted by atomic mass is 16.6. The summed E-state index contributed by atoms with van der Waals surface area (Å²) in [5.74, 6) is -0.852. The Bertz CT molecular complexity index is 1370. The van der Waals surface area contributed by atoms with E-state index in [9.17, 15) is 14.4 Å². The van der Waals surface area contributed by atoms with Crippen molar-refractivity contribution in [2.75, 3.05) is 13.2 Å². The second-order valence-corrected chi connectivity index (χ2v) is 25.2. The van der Waals surface area contributed by atoms with Gasteiger partial charge in [-0.3, -0.25) is 14.4 Å². The number of hydrogen-bond acceptors (Lipinski definition) is 6. The summed E-state index contributed by atoms with van der Waals surface area (Å²) < 4.78 is 17.0. The molecular formula is C76H142O6. The van der Waals surface area contributed by atoms with Crippen LogP contribution in [0.25, 0.3) is 0 Å². The molecule has 0 amide bonds. The minimum atomic E-state index is -0.773. The number of esters is 3. The van der Waals surface area contributed by atoms with Gasteiger partial charge in [-0.2, -0.15) is 0 Å². The van der Waals surface area contributed by atoms with Crippen molar-refractivity contribution >= 4 is 17.9 Å². The predicted octanol–water partition coefficient (Wildman–Crippen LogP) is 25.5. The zero-order chi connectivity index (χ0) is 59.2. The molecule has 0 radical (unpaired) electrons. The van der Waals surface area contributed by atoms with Crippen molar-refractivity contribution in [3.8, 4) is 0 Å². The van der Waals surface area contributed by atoms with Crippen LogP contribution in [0.5, 0.6) is 0 Å². The number of allylic oxidation sites excluding steroid dienone is 6. The Kier molecular flexibility index (Phi) is 69.1. The Labute approximate surface area is 512 Å². The lowest BCUT2D eigenvalue weighted by Gasteiger charge is -2.18. The fourth-order valence-electron chi connectivity index (χ4n) is 11.3. The molecule has 0 aromatic rings. The molecule has 0 saturated heterocycles. The molecule has 0 aliphatic rings. The van der Waals surface area contributed by atoms with Crippen LogP contribution in [0.1, 0.15) is 412 Å². The van der Waals surface area contributed by atoms with E-state index in [1.165, 1.54) is 295 Å². The monoisotopic (exact) mass is 1150 g/mol. The highest BCUT2D eigenvalue weighted by Crippen LogP contribution is 2.19. The zero-order valence-corrected chi connectivity index (χ0v) is 55.5. The first-order chi connectivity index (χ1) is 40.5. The summed E-state index contributed by atoms with van der Waals surface area (Å²) in [5.41, 5.74) is 0. The van der Waals surface area contributed by atoms with Crippen LogP contribution in [0.4, 0.5) is 0 Å². The normalized spacial score (nSPS) is 12.2. The number of rotatable bonds is 69. The molecule has 0 aliphatic carbocycles. The van der Waals surface area contributed by atoms with Gasteiger partial charge in [-0.15, -0.1) is 0 Å². The molecule has 6 heteroatoms. The van der Waals surface area contributed by atoms with Gasteiger partial charge in [0.1, 0.15) is 13.2 Å². The Balaban J connectivity index is 4.11. The van der Waals surface area contributed by atoms with Crippen molar-refractivity contribution in [1.82, 2.24) is 0 Å². The fraction of sp³-hybridized carbons (Fsp3) is 0.882. The van der Waals surface area contributed by atoms with Gasteiger partial charge in [-0.05, 0) is 70.6 Å². The third-order valence-electron chi connectivity index (χ3n) is 16.8. The molecule has 82 heavy (non-hydrogen) atoms. The van der Waals surface area contributed by atoms with Crippen molar-refractivity contribution in [3.05, 3.63) is 36.5 Å². The van der Waals surface area contributed by atoms with Crippen LogP contribution < -0.4 is 0 Å². The van der Waals surface area contributed by atoms with Crippen molar-refractivity contribution < 1.29 is 28.6 Å². The van der Waals surface area contributed by atoms with Gasteiger partial charge in [-0.25, -0.2) is 0 Å². The summed E-state index contributed by atoms with van der Waals surface area (Å²) in [4.78, 5) is 38.4. The molecule has 0 fully saturated rings. The molecule has 0 aromatic heterocycles. The molecule has 6 nitrogen and oxygen atoms in total. The van der Waals surface area contributed by atoms with E-state index in [4.69, 9.17) is 14.2 Å². The Hall–Kier alpha value is -2.37. The first-order valence-corrected chi connectivity index (χ1v) is 37.0. The van der Waals surface area contributed by atoms with Gasteiger partial charge in [0, 0.05) is 19.3 Å². The highest BCUT2D eigenvalue weighted by Gasteiger charge is 2.19. The smallest absolute Gasteiger partial charge is 0.306 e. The minimum absolute atomic E-state index is 0.0697.